The normalized spacial score (nSPS) is 16.3. The summed E-state index contributed by atoms with van der Waals surface area (Å²) < 4.78 is 0. The molecule has 0 bridgehead atoms. The molecule has 0 unspecified atom stereocenters. The average molecular weight is 379 g/mol. The molecular formula is C21H22N4OS. The number of pyridine rings is 1. The molecule has 1 aliphatic rings. The maximum Gasteiger partial charge on any atom is 0.255 e. The van der Waals surface area contributed by atoms with Crippen LogP contribution in [0, 0.1) is 6.92 Å². The Balaban J connectivity index is 1.62. The third kappa shape index (κ3) is 3.21. The smallest absolute Gasteiger partial charge is 0.255 e. The molecule has 0 aliphatic carbocycles. The number of nitrogens with zero attached hydrogens (tertiary/aromatic N) is 3. The van der Waals surface area contributed by atoms with E-state index in [2.05, 4.69) is 39.6 Å². The summed E-state index contributed by atoms with van der Waals surface area (Å²) in [6.07, 6.45) is 3.37. The Morgan fingerprint density at radius 3 is 2.52 bits per heavy atom. The first-order chi connectivity index (χ1) is 13.1. The largest absolute Gasteiger partial charge is 0.375 e. The second-order valence-electron chi connectivity index (χ2n) is 6.95. The molecule has 1 fully saturated rings. The highest BCUT2D eigenvalue weighted by molar-refractivity contribution is 7.13. The van der Waals surface area contributed by atoms with Gasteiger partial charge in [-0.25, -0.2) is 4.98 Å². The van der Waals surface area contributed by atoms with E-state index in [1.54, 1.807) is 6.20 Å². The predicted molar refractivity (Wildman–Crippen MR) is 108 cm³/mol. The molecule has 1 amide bonds. The zero-order valence-electron chi connectivity index (χ0n) is 15.3. The highest BCUT2D eigenvalue weighted by Gasteiger charge is 2.41. The number of aryl methyl sites for hydroxylation is 1. The van der Waals surface area contributed by atoms with Gasteiger partial charge in [-0.2, -0.15) is 0 Å². The summed E-state index contributed by atoms with van der Waals surface area (Å²) in [5, 5.41) is 2.65. The standard InChI is InChI=1S/C21H22N4OS/c1-15-17(8-5-11-23-15)19(26)25-12-9-21(10-13-25,16-6-3-2-4-7-16)18-14-27-20(22)24-18/h2-8,11,14H,9-10,12-13H2,1H3,(H2,22,24). The Morgan fingerprint density at radius 1 is 1.15 bits per heavy atom. The van der Waals surface area contributed by atoms with Crippen molar-refractivity contribution in [1.29, 1.82) is 0 Å². The number of rotatable bonds is 3. The number of hydrogen-bond donors (Lipinski definition) is 1. The Labute approximate surface area is 162 Å². The van der Waals surface area contributed by atoms with E-state index < -0.39 is 0 Å². The SMILES string of the molecule is Cc1ncccc1C(=O)N1CCC(c2ccccc2)(c2csc(N)n2)CC1. The second-order valence-corrected chi connectivity index (χ2v) is 7.84. The van der Waals surface area contributed by atoms with E-state index in [0.717, 1.165) is 24.2 Å². The number of anilines is 1. The van der Waals surface area contributed by atoms with Crippen LogP contribution in [0.4, 0.5) is 5.13 Å². The van der Waals surface area contributed by atoms with Crippen LogP contribution in [0.3, 0.4) is 0 Å². The van der Waals surface area contributed by atoms with Crippen LogP contribution in [0.25, 0.3) is 0 Å². The zero-order valence-corrected chi connectivity index (χ0v) is 16.1. The van der Waals surface area contributed by atoms with Crippen molar-refractivity contribution >= 4 is 22.4 Å². The molecule has 27 heavy (non-hydrogen) atoms. The highest BCUT2D eigenvalue weighted by Crippen LogP contribution is 2.42. The number of amides is 1. The van der Waals surface area contributed by atoms with Crippen LogP contribution in [0.5, 0.6) is 0 Å². The van der Waals surface area contributed by atoms with E-state index in [1.807, 2.05) is 30.0 Å². The first-order valence-corrected chi connectivity index (χ1v) is 9.96. The van der Waals surface area contributed by atoms with Crippen LogP contribution in [0.1, 0.15) is 40.2 Å². The summed E-state index contributed by atoms with van der Waals surface area (Å²) >= 11 is 1.48. The number of piperidine rings is 1. The van der Waals surface area contributed by atoms with E-state index in [0.29, 0.717) is 23.8 Å². The number of nitrogen functional groups attached to an aromatic ring is 1. The van der Waals surface area contributed by atoms with Crippen LogP contribution in [0.15, 0.2) is 54.0 Å². The summed E-state index contributed by atoms with van der Waals surface area (Å²) in [4.78, 5) is 23.8. The first kappa shape index (κ1) is 17.7. The predicted octanol–water partition coefficient (Wildman–Crippen LogP) is 3.65. The van der Waals surface area contributed by atoms with E-state index in [4.69, 9.17) is 5.73 Å². The summed E-state index contributed by atoms with van der Waals surface area (Å²) in [6.45, 7) is 3.24. The molecule has 0 atom stereocenters. The van der Waals surface area contributed by atoms with Gasteiger partial charge in [-0.3, -0.25) is 9.78 Å². The summed E-state index contributed by atoms with van der Waals surface area (Å²) in [7, 11) is 0. The number of aromatic nitrogens is 2. The van der Waals surface area contributed by atoms with E-state index in [9.17, 15) is 4.79 Å². The third-order valence-electron chi connectivity index (χ3n) is 5.48. The van der Waals surface area contributed by atoms with Gasteiger partial charge in [0, 0.05) is 35.8 Å². The molecule has 0 saturated carbocycles. The molecule has 1 saturated heterocycles. The first-order valence-electron chi connectivity index (χ1n) is 9.08. The second kappa shape index (κ2) is 7.12. The van der Waals surface area contributed by atoms with Gasteiger partial charge in [-0.05, 0) is 37.5 Å². The topological polar surface area (TPSA) is 72.1 Å². The van der Waals surface area contributed by atoms with Crippen LogP contribution in [-0.2, 0) is 5.41 Å². The van der Waals surface area contributed by atoms with Gasteiger partial charge in [0.2, 0.25) is 0 Å². The fourth-order valence-corrected chi connectivity index (χ4v) is 4.59. The zero-order chi connectivity index (χ0) is 18.9. The van der Waals surface area contributed by atoms with Gasteiger partial charge in [-0.1, -0.05) is 30.3 Å². The van der Waals surface area contributed by atoms with Crippen LogP contribution in [-0.4, -0.2) is 33.9 Å². The number of likely N-dealkylation sites (tertiary alicyclic amines) is 1. The van der Waals surface area contributed by atoms with Crippen molar-refractivity contribution in [3.63, 3.8) is 0 Å². The monoisotopic (exact) mass is 378 g/mol. The lowest BCUT2D eigenvalue weighted by molar-refractivity contribution is 0.0683. The van der Waals surface area contributed by atoms with Gasteiger partial charge in [0.05, 0.1) is 11.3 Å². The molecule has 1 aromatic carbocycles. The molecule has 6 heteroatoms. The lowest BCUT2D eigenvalue weighted by atomic mass is 9.70. The summed E-state index contributed by atoms with van der Waals surface area (Å²) in [6, 6.07) is 14.1. The van der Waals surface area contributed by atoms with Crippen molar-refractivity contribution < 1.29 is 4.79 Å². The Morgan fingerprint density at radius 2 is 1.89 bits per heavy atom. The molecule has 0 spiro atoms. The van der Waals surface area contributed by atoms with Crippen molar-refractivity contribution in [3.05, 3.63) is 76.6 Å². The van der Waals surface area contributed by atoms with Gasteiger partial charge in [-0.15, -0.1) is 11.3 Å². The molecular weight excluding hydrogens is 356 g/mol. The van der Waals surface area contributed by atoms with Crippen LogP contribution in [0.2, 0.25) is 0 Å². The Hall–Kier alpha value is -2.73. The highest BCUT2D eigenvalue weighted by atomic mass is 32.1. The minimum atomic E-state index is -0.198. The van der Waals surface area contributed by atoms with Crippen molar-refractivity contribution in [2.24, 2.45) is 0 Å². The van der Waals surface area contributed by atoms with Crippen molar-refractivity contribution in [3.8, 4) is 0 Å². The molecule has 5 nitrogen and oxygen atoms in total. The van der Waals surface area contributed by atoms with Gasteiger partial charge in [0.25, 0.3) is 5.91 Å². The quantitative estimate of drug-likeness (QED) is 0.755. The average Bonchev–Trinajstić information content (AvgIpc) is 3.15. The number of nitrogens with two attached hydrogens (primary N) is 1. The molecule has 4 rings (SSSR count). The minimum Gasteiger partial charge on any atom is -0.375 e. The van der Waals surface area contributed by atoms with Crippen molar-refractivity contribution in [2.45, 2.75) is 25.2 Å². The van der Waals surface area contributed by atoms with Crippen molar-refractivity contribution in [2.75, 3.05) is 18.8 Å². The molecule has 2 N–H and O–H groups in total. The summed E-state index contributed by atoms with van der Waals surface area (Å²) in [5.41, 5.74) is 9.43. The minimum absolute atomic E-state index is 0.0556. The molecule has 3 heterocycles. The number of carbonyl (C=O) groups is 1. The molecule has 2 aromatic heterocycles. The molecule has 3 aromatic rings. The Kier molecular flexibility index (Phi) is 4.66. The lowest BCUT2D eigenvalue weighted by Gasteiger charge is -2.41. The van der Waals surface area contributed by atoms with Gasteiger partial charge >= 0.3 is 0 Å². The molecule has 138 valence electrons. The van der Waals surface area contributed by atoms with E-state index >= 15 is 0 Å². The maximum atomic E-state index is 13.0. The maximum absolute atomic E-state index is 13.0. The molecule has 0 radical (unpaired) electrons. The third-order valence-corrected chi connectivity index (χ3v) is 6.15. The van der Waals surface area contributed by atoms with Crippen LogP contribution >= 0.6 is 11.3 Å². The van der Waals surface area contributed by atoms with Crippen molar-refractivity contribution in [1.82, 2.24) is 14.9 Å². The number of thiazole rings is 1. The fraction of sp³-hybridized carbons (Fsp3) is 0.286. The lowest BCUT2D eigenvalue weighted by Crippen LogP contribution is -2.46. The number of carbonyl (C=O) groups excluding carboxylic acids is 1. The van der Waals surface area contributed by atoms with Gasteiger partial charge in [0.15, 0.2) is 5.13 Å². The van der Waals surface area contributed by atoms with Crippen LogP contribution < -0.4 is 5.73 Å². The fourth-order valence-electron chi connectivity index (χ4n) is 3.93. The van der Waals surface area contributed by atoms with Gasteiger partial charge in [0.1, 0.15) is 0 Å². The van der Waals surface area contributed by atoms with E-state index in [-0.39, 0.29) is 11.3 Å². The number of benzene rings is 1. The van der Waals surface area contributed by atoms with Gasteiger partial charge < -0.3 is 10.6 Å². The van der Waals surface area contributed by atoms with E-state index in [1.165, 1.54) is 16.9 Å². The molecule has 1 aliphatic heterocycles. The Bertz CT molecular complexity index is 946. The number of hydrogen-bond acceptors (Lipinski definition) is 5. The summed E-state index contributed by atoms with van der Waals surface area (Å²) in [5.74, 6) is 0.0556.